The minimum absolute atomic E-state index is 0.0148. The van der Waals surface area contributed by atoms with Crippen molar-refractivity contribution in [2.45, 2.75) is 482 Å². The zero-order valence-electron chi connectivity index (χ0n) is 60.7. The molecule has 0 saturated carbocycles. The molecule has 0 spiro atoms. The maximum atomic E-state index is 12.6. The van der Waals surface area contributed by atoms with Crippen molar-refractivity contribution in [3.63, 3.8) is 0 Å². The molecule has 0 aromatic rings. The van der Waals surface area contributed by atoms with Crippen molar-refractivity contribution >= 4 is 11.9 Å². The summed E-state index contributed by atoms with van der Waals surface area (Å²) in [5.74, 6) is -0.0422. The molecule has 2 unspecified atom stereocenters. The van der Waals surface area contributed by atoms with Gasteiger partial charge >= 0.3 is 5.97 Å². The number of nitrogens with one attached hydrogen (secondary N) is 1. The molecular formula is C83H161NO5. The number of aliphatic hydroxyl groups excluding tert-OH is 2. The van der Waals surface area contributed by atoms with E-state index >= 15 is 0 Å². The first-order chi connectivity index (χ1) is 44.0. The number of aliphatic hydroxyl groups is 2. The van der Waals surface area contributed by atoms with Crippen molar-refractivity contribution in [1.82, 2.24) is 5.32 Å². The van der Waals surface area contributed by atoms with Gasteiger partial charge in [-0.1, -0.05) is 423 Å². The molecule has 0 heterocycles. The van der Waals surface area contributed by atoms with Crippen LogP contribution in [0.15, 0.2) is 24.3 Å². The summed E-state index contributed by atoms with van der Waals surface area (Å²) in [7, 11) is 0. The third-order valence-electron chi connectivity index (χ3n) is 19.5. The Morgan fingerprint density at radius 1 is 0.303 bits per heavy atom. The van der Waals surface area contributed by atoms with E-state index in [1.165, 1.54) is 398 Å². The molecule has 0 rings (SSSR count). The standard InChI is InChI=1S/C83H161NO5/c1-3-5-7-9-11-13-15-17-18-19-20-21-39-42-45-48-52-55-59-63-67-71-75-81(86)80(79-85)84-82(87)76-72-68-64-60-56-53-49-46-43-40-37-35-33-31-29-27-25-23-22-24-26-28-30-32-34-36-38-41-44-47-50-54-58-62-66-70-74-78-89-83(88)77-73-69-65-61-57-51-16-14-12-10-8-6-4-2/h14,16,71,75,80-81,85-86H,3-13,15,17-70,72-74,76-79H2,1-2H3,(H,84,87)/b16-14-,75-71+. The van der Waals surface area contributed by atoms with Gasteiger partial charge in [0.15, 0.2) is 0 Å². The van der Waals surface area contributed by atoms with Gasteiger partial charge in [-0.05, 0) is 57.8 Å². The Labute approximate surface area is 558 Å². The summed E-state index contributed by atoms with van der Waals surface area (Å²) in [6.45, 7) is 4.94. The van der Waals surface area contributed by atoms with Crippen LogP contribution < -0.4 is 5.32 Å². The summed E-state index contributed by atoms with van der Waals surface area (Å²) in [4.78, 5) is 24.6. The first kappa shape index (κ1) is 87.3. The van der Waals surface area contributed by atoms with Crippen molar-refractivity contribution in [3.8, 4) is 0 Å². The summed E-state index contributed by atoms with van der Waals surface area (Å²) >= 11 is 0. The van der Waals surface area contributed by atoms with Crippen LogP contribution >= 0.6 is 0 Å². The van der Waals surface area contributed by atoms with Gasteiger partial charge in [0.1, 0.15) is 0 Å². The van der Waals surface area contributed by atoms with Crippen molar-refractivity contribution in [3.05, 3.63) is 24.3 Å². The Morgan fingerprint density at radius 2 is 0.528 bits per heavy atom. The molecule has 1 amide bonds. The SMILES string of the molecule is CCCCCC/C=C\CCCCCCCC(=O)OCCCCCCCCCCCCCCCCCCCCCCCCCCCCCCCCCCCCCCCC(=O)NC(CO)C(O)/C=C/CCCCCCCCCCCCCCCCCCCCCC. The number of amides is 1. The molecule has 0 fully saturated rings. The van der Waals surface area contributed by atoms with Crippen LogP contribution in [-0.2, 0) is 14.3 Å². The number of ether oxygens (including phenoxy) is 1. The number of esters is 1. The van der Waals surface area contributed by atoms with Crippen molar-refractivity contribution in [2.75, 3.05) is 13.2 Å². The van der Waals surface area contributed by atoms with Gasteiger partial charge in [0, 0.05) is 12.8 Å². The third kappa shape index (κ3) is 75.3. The quantitative estimate of drug-likeness (QED) is 0.0320. The van der Waals surface area contributed by atoms with E-state index in [0.29, 0.717) is 19.4 Å². The van der Waals surface area contributed by atoms with Crippen LogP contribution in [-0.4, -0.2) is 47.4 Å². The highest BCUT2D eigenvalue weighted by Gasteiger charge is 2.18. The highest BCUT2D eigenvalue weighted by molar-refractivity contribution is 5.76. The normalized spacial score (nSPS) is 12.5. The van der Waals surface area contributed by atoms with Gasteiger partial charge in [-0.25, -0.2) is 0 Å². The van der Waals surface area contributed by atoms with Gasteiger partial charge in [0.25, 0.3) is 0 Å². The van der Waals surface area contributed by atoms with Gasteiger partial charge in [-0.2, -0.15) is 0 Å². The number of carbonyl (C=O) groups excluding carboxylic acids is 2. The minimum atomic E-state index is -0.841. The molecule has 2 atom stereocenters. The van der Waals surface area contributed by atoms with E-state index in [9.17, 15) is 19.8 Å². The maximum Gasteiger partial charge on any atom is 0.305 e. The molecule has 0 bridgehead atoms. The maximum absolute atomic E-state index is 12.6. The van der Waals surface area contributed by atoms with Gasteiger partial charge in [0.2, 0.25) is 5.91 Å². The molecule has 3 N–H and O–H groups in total. The Morgan fingerprint density at radius 3 is 0.809 bits per heavy atom. The summed E-state index contributed by atoms with van der Waals surface area (Å²) in [6, 6.07) is -0.624. The van der Waals surface area contributed by atoms with Crippen molar-refractivity contribution < 1.29 is 24.5 Å². The number of unbranched alkanes of at least 4 members (excludes halogenated alkanes) is 65. The predicted octanol–water partition coefficient (Wildman–Crippen LogP) is 27.2. The molecule has 528 valence electrons. The molecule has 6 heteroatoms. The fraction of sp³-hybridized carbons (Fsp3) is 0.928. The van der Waals surface area contributed by atoms with E-state index in [0.717, 1.165) is 44.9 Å². The van der Waals surface area contributed by atoms with Crippen LogP contribution in [0, 0.1) is 0 Å². The van der Waals surface area contributed by atoms with Gasteiger partial charge < -0.3 is 20.3 Å². The van der Waals surface area contributed by atoms with Crippen LogP contribution in [0.2, 0.25) is 0 Å². The van der Waals surface area contributed by atoms with Crippen LogP contribution in [0.3, 0.4) is 0 Å². The molecule has 0 aromatic carbocycles. The fourth-order valence-corrected chi connectivity index (χ4v) is 13.2. The van der Waals surface area contributed by atoms with Crippen molar-refractivity contribution in [2.24, 2.45) is 0 Å². The molecule has 0 saturated heterocycles. The lowest BCUT2D eigenvalue weighted by Crippen LogP contribution is -2.45. The van der Waals surface area contributed by atoms with E-state index in [1.807, 2.05) is 6.08 Å². The Kier molecular flexibility index (Phi) is 77.3. The molecule has 0 aromatic heterocycles. The zero-order valence-corrected chi connectivity index (χ0v) is 60.7. The van der Waals surface area contributed by atoms with Crippen LogP contribution in [0.5, 0.6) is 0 Å². The topological polar surface area (TPSA) is 95.9 Å². The summed E-state index contributed by atoms with van der Waals surface area (Å²) in [6.07, 6.45) is 102. The van der Waals surface area contributed by atoms with Gasteiger partial charge in [-0.3, -0.25) is 9.59 Å². The van der Waals surface area contributed by atoms with Crippen LogP contribution in [0.4, 0.5) is 0 Å². The second-order valence-corrected chi connectivity index (χ2v) is 28.5. The lowest BCUT2D eigenvalue weighted by molar-refractivity contribution is -0.143. The monoisotopic (exact) mass is 1250 g/mol. The average Bonchev–Trinajstić information content (AvgIpc) is 3.55. The first-order valence-electron chi connectivity index (χ1n) is 41.1. The molecule has 0 aliphatic heterocycles. The third-order valence-corrected chi connectivity index (χ3v) is 19.5. The van der Waals surface area contributed by atoms with Gasteiger partial charge in [-0.15, -0.1) is 0 Å². The van der Waals surface area contributed by atoms with Crippen LogP contribution in [0.25, 0.3) is 0 Å². The first-order valence-corrected chi connectivity index (χ1v) is 41.1. The summed E-state index contributed by atoms with van der Waals surface area (Å²) < 4.78 is 5.49. The van der Waals surface area contributed by atoms with E-state index < -0.39 is 12.1 Å². The van der Waals surface area contributed by atoms with Crippen LogP contribution in [0.1, 0.15) is 470 Å². The highest BCUT2D eigenvalue weighted by atomic mass is 16.5. The predicted molar refractivity (Wildman–Crippen MR) is 393 cm³/mol. The molecular weight excluding hydrogens is 1090 g/mol. The molecule has 6 nitrogen and oxygen atoms in total. The number of allylic oxidation sites excluding steroid dienone is 3. The van der Waals surface area contributed by atoms with E-state index in [4.69, 9.17) is 4.74 Å². The molecule has 0 aliphatic rings. The molecule has 89 heavy (non-hydrogen) atoms. The fourth-order valence-electron chi connectivity index (χ4n) is 13.2. The number of hydrogen-bond acceptors (Lipinski definition) is 5. The Hall–Kier alpha value is -1.66. The minimum Gasteiger partial charge on any atom is -0.466 e. The lowest BCUT2D eigenvalue weighted by atomic mass is 10.0. The second-order valence-electron chi connectivity index (χ2n) is 28.5. The number of rotatable bonds is 78. The summed E-state index contributed by atoms with van der Waals surface area (Å²) in [5.41, 5.74) is 0. The van der Waals surface area contributed by atoms with E-state index in [1.54, 1.807) is 6.08 Å². The van der Waals surface area contributed by atoms with E-state index in [2.05, 4.69) is 31.3 Å². The van der Waals surface area contributed by atoms with Gasteiger partial charge in [0.05, 0.1) is 25.4 Å². The summed E-state index contributed by atoms with van der Waals surface area (Å²) in [5, 5.41) is 23.3. The second kappa shape index (κ2) is 78.8. The Bertz CT molecular complexity index is 1400. The van der Waals surface area contributed by atoms with E-state index in [-0.39, 0.29) is 18.5 Å². The van der Waals surface area contributed by atoms with Crippen molar-refractivity contribution in [1.29, 1.82) is 0 Å². The number of hydrogen-bond donors (Lipinski definition) is 3. The Balaban J connectivity index is 3.33. The molecule has 0 radical (unpaired) electrons. The zero-order chi connectivity index (χ0) is 64.2. The number of carbonyl (C=O) groups is 2. The highest BCUT2D eigenvalue weighted by Crippen LogP contribution is 2.20. The largest absolute Gasteiger partial charge is 0.466 e. The smallest absolute Gasteiger partial charge is 0.305 e. The molecule has 0 aliphatic carbocycles. The lowest BCUT2D eigenvalue weighted by Gasteiger charge is -2.20. The average molecular weight is 1250 g/mol.